The number of carbonyl (C=O) groups excluding carboxylic acids is 1. The van der Waals surface area contributed by atoms with Gasteiger partial charge in [0.25, 0.3) is 5.91 Å². The van der Waals surface area contributed by atoms with Gasteiger partial charge in [-0.25, -0.2) is 0 Å². The van der Waals surface area contributed by atoms with Gasteiger partial charge in [0.15, 0.2) is 0 Å². The number of nitrogens with zero attached hydrogens (tertiary/aromatic N) is 1. The molecule has 0 aliphatic heterocycles. The highest BCUT2D eigenvalue weighted by atomic mass is 16.5. The third kappa shape index (κ3) is 2.43. The Labute approximate surface area is 86.9 Å². The molecule has 4 heteroatoms. The zero-order valence-electron chi connectivity index (χ0n) is 7.93. The maximum atomic E-state index is 11.4. The van der Waals surface area contributed by atoms with E-state index in [-0.39, 0.29) is 11.7 Å². The highest BCUT2D eigenvalue weighted by Gasteiger charge is 2.08. The van der Waals surface area contributed by atoms with Gasteiger partial charge in [-0.05, 0) is 17.7 Å². The Hall–Kier alpha value is -2.10. The van der Waals surface area contributed by atoms with E-state index in [2.05, 4.69) is 16.5 Å². The van der Waals surface area contributed by atoms with Gasteiger partial charge in [-0.3, -0.25) is 4.79 Å². The fourth-order valence-electron chi connectivity index (χ4n) is 1.14. The zero-order valence-corrected chi connectivity index (χ0v) is 7.93. The van der Waals surface area contributed by atoms with Gasteiger partial charge < -0.3 is 9.84 Å². The summed E-state index contributed by atoms with van der Waals surface area (Å²) in [6.45, 7) is 0.455. The molecular weight excluding hydrogens is 192 g/mol. The lowest BCUT2D eigenvalue weighted by Crippen LogP contribution is -2.22. The minimum Gasteiger partial charge on any atom is -0.351 e. The second-order valence-electron chi connectivity index (χ2n) is 2.97. The molecule has 1 heterocycles. The molecule has 2 rings (SSSR count). The van der Waals surface area contributed by atoms with Crippen LogP contribution in [-0.2, 0) is 6.54 Å². The van der Waals surface area contributed by atoms with Gasteiger partial charge >= 0.3 is 0 Å². The minimum atomic E-state index is -0.267. The minimum absolute atomic E-state index is 0.218. The van der Waals surface area contributed by atoms with Gasteiger partial charge in [-0.2, -0.15) is 0 Å². The number of hydrogen-bond acceptors (Lipinski definition) is 3. The average Bonchev–Trinajstić information content (AvgIpc) is 2.81. The molecule has 0 saturated carbocycles. The first kappa shape index (κ1) is 9.45. The zero-order chi connectivity index (χ0) is 10.5. The maximum absolute atomic E-state index is 11.4. The molecule has 0 aliphatic carbocycles. The number of rotatable bonds is 3. The molecule has 1 radical (unpaired) electrons. The summed E-state index contributed by atoms with van der Waals surface area (Å²) in [4.78, 5) is 11.4. The summed E-state index contributed by atoms with van der Waals surface area (Å²) in [7, 11) is 0. The Kier molecular flexibility index (Phi) is 2.78. The van der Waals surface area contributed by atoms with Crippen LogP contribution in [0.2, 0.25) is 0 Å². The van der Waals surface area contributed by atoms with E-state index in [9.17, 15) is 4.79 Å². The number of nitrogens with one attached hydrogen (secondary N) is 1. The summed E-state index contributed by atoms with van der Waals surface area (Å²) in [5.41, 5.74) is 0.991. The Balaban J connectivity index is 1.92. The Morgan fingerprint density at radius 2 is 2.47 bits per heavy atom. The monoisotopic (exact) mass is 201 g/mol. The molecule has 1 aromatic heterocycles. The number of carbonyl (C=O) groups is 1. The predicted octanol–water partition coefficient (Wildman–Crippen LogP) is 1.40. The smallest absolute Gasteiger partial charge is 0.290 e. The number of hydrogen-bond donors (Lipinski definition) is 1. The molecule has 0 bridgehead atoms. The van der Waals surface area contributed by atoms with Crippen LogP contribution < -0.4 is 5.32 Å². The van der Waals surface area contributed by atoms with Crippen LogP contribution in [0.25, 0.3) is 0 Å². The van der Waals surface area contributed by atoms with Crippen LogP contribution in [0.15, 0.2) is 41.1 Å². The highest BCUT2D eigenvalue weighted by Crippen LogP contribution is 1.99. The molecule has 0 saturated heterocycles. The normalized spacial score (nSPS) is 9.87. The Bertz CT molecular complexity index is 423. The van der Waals surface area contributed by atoms with Crippen molar-refractivity contribution in [1.29, 1.82) is 0 Å². The molecule has 75 valence electrons. The Morgan fingerprint density at radius 1 is 1.53 bits per heavy atom. The molecule has 1 N–H and O–H groups in total. The lowest BCUT2D eigenvalue weighted by Gasteiger charge is -2.01. The van der Waals surface area contributed by atoms with Crippen LogP contribution in [0.3, 0.4) is 0 Å². The lowest BCUT2D eigenvalue weighted by atomic mass is 10.2. The molecule has 15 heavy (non-hydrogen) atoms. The predicted molar refractivity (Wildman–Crippen MR) is 53.0 cm³/mol. The van der Waals surface area contributed by atoms with Crippen molar-refractivity contribution in [2.75, 3.05) is 0 Å². The largest absolute Gasteiger partial charge is 0.351 e. The first-order chi connectivity index (χ1) is 7.36. The second-order valence-corrected chi connectivity index (χ2v) is 2.97. The van der Waals surface area contributed by atoms with Gasteiger partial charge in [0.05, 0.1) is 6.20 Å². The van der Waals surface area contributed by atoms with E-state index in [1.54, 1.807) is 0 Å². The van der Waals surface area contributed by atoms with Crippen molar-refractivity contribution in [1.82, 2.24) is 10.5 Å². The molecule has 0 aliphatic rings. The molecule has 0 unspecified atom stereocenters. The van der Waals surface area contributed by atoms with Gasteiger partial charge in [0.1, 0.15) is 0 Å². The molecule has 0 fully saturated rings. The van der Waals surface area contributed by atoms with Crippen LogP contribution in [0.5, 0.6) is 0 Å². The Morgan fingerprint density at radius 3 is 3.13 bits per heavy atom. The van der Waals surface area contributed by atoms with Crippen molar-refractivity contribution < 1.29 is 9.32 Å². The van der Waals surface area contributed by atoms with E-state index >= 15 is 0 Å². The second kappa shape index (κ2) is 4.41. The fraction of sp³-hybridized carbons (Fsp3) is 0.0909. The van der Waals surface area contributed by atoms with Crippen LogP contribution in [0.4, 0.5) is 0 Å². The van der Waals surface area contributed by atoms with Crippen molar-refractivity contribution in [3.8, 4) is 0 Å². The van der Waals surface area contributed by atoms with Crippen LogP contribution in [0, 0.1) is 6.07 Å². The summed E-state index contributed by atoms with van der Waals surface area (Å²) < 4.78 is 4.71. The van der Waals surface area contributed by atoms with Gasteiger partial charge in [0.2, 0.25) is 5.76 Å². The number of amides is 1. The van der Waals surface area contributed by atoms with E-state index in [1.807, 2.05) is 24.3 Å². The van der Waals surface area contributed by atoms with Crippen LogP contribution >= 0.6 is 0 Å². The molecule has 4 nitrogen and oxygen atoms in total. The summed E-state index contributed by atoms with van der Waals surface area (Å²) in [5.74, 6) is -0.0498. The standard InChI is InChI=1S/C11H9N2O2/c14-11(10-6-7-13-15-10)12-8-9-4-2-1-3-5-9/h1-2,4-7H,8H2,(H,12,14). The number of benzene rings is 1. The van der Waals surface area contributed by atoms with Crippen molar-refractivity contribution in [3.63, 3.8) is 0 Å². The maximum Gasteiger partial charge on any atom is 0.290 e. The van der Waals surface area contributed by atoms with E-state index in [0.29, 0.717) is 6.54 Å². The molecular formula is C11H9N2O2. The molecule has 1 aromatic carbocycles. The summed E-state index contributed by atoms with van der Waals surface area (Å²) >= 11 is 0. The topological polar surface area (TPSA) is 55.1 Å². The van der Waals surface area contributed by atoms with E-state index < -0.39 is 0 Å². The summed E-state index contributed by atoms with van der Waals surface area (Å²) in [5, 5.41) is 6.16. The molecule has 0 spiro atoms. The molecule has 1 amide bonds. The van der Waals surface area contributed by atoms with Crippen molar-refractivity contribution in [2.24, 2.45) is 0 Å². The summed E-state index contributed by atoms with van der Waals surface area (Å²) in [6.07, 6.45) is 1.44. The SMILES string of the molecule is O=C(NCc1c[c]ccc1)c1ccno1. The van der Waals surface area contributed by atoms with Crippen LogP contribution in [0.1, 0.15) is 16.1 Å². The number of aromatic nitrogens is 1. The van der Waals surface area contributed by atoms with E-state index in [4.69, 9.17) is 4.52 Å². The van der Waals surface area contributed by atoms with Gasteiger partial charge in [-0.15, -0.1) is 0 Å². The van der Waals surface area contributed by atoms with Gasteiger partial charge in [0, 0.05) is 12.6 Å². The first-order valence-electron chi connectivity index (χ1n) is 4.50. The van der Waals surface area contributed by atoms with Gasteiger partial charge in [-0.1, -0.05) is 23.4 Å². The third-order valence-electron chi connectivity index (χ3n) is 1.89. The lowest BCUT2D eigenvalue weighted by molar-refractivity contribution is 0.0914. The third-order valence-corrected chi connectivity index (χ3v) is 1.89. The van der Waals surface area contributed by atoms with Crippen molar-refractivity contribution in [2.45, 2.75) is 6.54 Å². The highest BCUT2D eigenvalue weighted by molar-refractivity contribution is 5.91. The summed E-state index contributed by atoms with van der Waals surface area (Å²) in [6, 6.07) is 11.9. The van der Waals surface area contributed by atoms with Crippen LogP contribution in [-0.4, -0.2) is 11.1 Å². The quantitative estimate of drug-likeness (QED) is 0.816. The fourth-order valence-corrected chi connectivity index (χ4v) is 1.14. The first-order valence-corrected chi connectivity index (χ1v) is 4.50. The van der Waals surface area contributed by atoms with E-state index in [1.165, 1.54) is 12.3 Å². The molecule has 0 atom stereocenters. The van der Waals surface area contributed by atoms with E-state index in [0.717, 1.165) is 5.56 Å². The average molecular weight is 201 g/mol. The van der Waals surface area contributed by atoms with Crippen molar-refractivity contribution >= 4 is 5.91 Å². The van der Waals surface area contributed by atoms with Crippen molar-refractivity contribution in [3.05, 3.63) is 53.9 Å². The molecule has 2 aromatic rings.